The summed E-state index contributed by atoms with van der Waals surface area (Å²) in [7, 11) is -8.65. The van der Waals surface area contributed by atoms with Crippen LogP contribution in [0.1, 0.15) is 93.2 Å². The molecule has 2 N–H and O–H groups in total. The van der Waals surface area contributed by atoms with E-state index in [0.29, 0.717) is 0 Å². The van der Waals surface area contributed by atoms with Gasteiger partial charge in [-0.25, -0.2) is 9.13 Å². The average molecular weight is 687 g/mol. The largest absolute Gasteiger partial charge is 0.527 e. The lowest BCUT2D eigenvalue weighted by Gasteiger charge is -2.33. The molecule has 0 amide bonds. The van der Waals surface area contributed by atoms with E-state index in [9.17, 15) is 18.9 Å². The Kier molecular flexibility index (Phi) is 14.6. The summed E-state index contributed by atoms with van der Waals surface area (Å²) in [6.07, 6.45) is 1.96. The number of ether oxygens (including phenoxy) is 2. The van der Waals surface area contributed by atoms with Crippen LogP contribution in [0.15, 0.2) is 48.5 Å². The zero-order chi connectivity index (χ0) is 34.9. The summed E-state index contributed by atoms with van der Waals surface area (Å²) < 4.78 is 55.7. The Labute approximate surface area is 276 Å². The molecule has 2 aromatic carbocycles. The van der Waals surface area contributed by atoms with Gasteiger partial charge >= 0.3 is 15.6 Å². The molecule has 0 saturated carbocycles. The zero-order valence-electron chi connectivity index (χ0n) is 29.3. The maximum absolute atomic E-state index is 12.3. The molecule has 0 aliphatic rings. The van der Waals surface area contributed by atoms with Gasteiger partial charge in [0.2, 0.25) is 0 Å². The third-order valence-corrected chi connectivity index (χ3v) is 8.89. The summed E-state index contributed by atoms with van der Waals surface area (Å²) in [6.45, 7) is 22.0. The van der Waals surface area contributed by atoms with E-state index >= 15 is 0 Å². The van der Waals surface area contributed by atoms with Gasteiger partial charge in [-0.15, -0.1) is 0 Å². The second-order valence-electron chi connectivity index (χ2n) is 15.3. The summed E-state index contributed by atoms with van der Waals surface area (Å²) in [6, 6.07) is 14.3. The summed E-state index contributed by atoms with van der Waals surface area (Å²) in [4.78, 5) is 20.1. The zero-order valence-corrected chi connectivity index (χ0v) is 31.1. The van der Waals surface area contributed by atoms with E-state index in [4.69, 9.17) is 27.6 Å². The Bertz CT molecular complexity index is 1190. The van der Waals surface area contributed by atoms with E-state index in [1.807, 2.05) is 24.3 Å². The second kappa shape index (κ2) is 16.6. The van der Waals surface area contributed by atoms with Crippen LogP contribution in [0.25, 0.3) is 0 Å². The highest BCUT2D eigenvalue weighted by Crippen LogP contribution is 2.45. The molecule has 2 unspecified atom stereocenters. The van der Waals surface area contributed by atoms with Gasteiger partial charge in [0.05, 0.1) is 39.6 Å². The molecular weight excluding hydrogens is 630 g/mol. The van der Waals surface area contributed by atoms with Crippen LogP contribution in [0, 0.1) is 10.8 Å². The molecule has 2 aromatic rings. The first-order chi connectivity index (χ1) is 21.0. The molecule has 0 spiro atoms. The smallest absolute Gasteiger partial charge is 0.404 e. The Morgan fingerprint density at radius 3 is 1.07 bits per heavy atom. The molecule has 2 rings (SSSR count). The first-order valence-corrected chi connectivity index (χ1v) is 18.7. The minimum atomic E-state index is -4.32. The second-order valence-corrected chi connectivity index (χ2v) is 18.1. The predicted molar refractivity (Wildman–Crippen MR) is 182 cm³/mol. The number of hydrogen-bond donors (Lipinski definition) is 2. The van der Waals surface area contributed by atoms with Gasteiger partial charge < -0.3 is 18.5 Å². The number of benzene rings is 2. The third-order valence-electron chi connectivity index (χ3n) is 6.99. The van der Waals surface area contributed by atoms with Crippen molar-refractivity contribution in [1.82, 2.24) is 0 Å². The van der Waals surface area contributed by atoms with Crippen molar-refractivity contribution in [3.05, 3.63) is 59.7 Å². The van der Waals surface area contributed by atoms with Crippen molar-refractivity contribution >= 4 is 15.6 Å². The van der Waals surface area contributed by atoms with Crippen LogP contribution in [0.5, 0.6) is 11.5 Å². The van der Waals surface area contributed by atoms with Crippen LogP contribution < -0.4 is 9.05 Å². The van der Waals surface area contributed by atoms with Gasteiger partial charge in [-0.3, -0.25) is 18.8 Å². The summed E-state index contributed by atoms with van der Waals surface area (Å²) >= 11 is 0. The highest BCUT2D eigenvalue weighted by atomic mass is 31.2. The SMILES string of the molecule is CC(C)(C)CC(C)(C)c1ccc(OP(=O)(O)OCCOCCOCCOP(=O)(O)Oc2ccc(C(C)(C)CC(C)(C)C)cc2)cc1. The van der Waals surface area contributed by atoms with Crippen LogP contribution in [0.3, 0.4) is 0 Å². The monoisotopic (exact) mass is 686 g/mol. The van der Waals surface area contributed by atoms with Crippen molar-refractivity contribution in [2.24, 2.45) is 10.8 Å². The molecule has 0 heterocycles. The lowest BCUT2D eigenvalue weighted by Crippen LogP contribution is -2.24. The highest BCUT2D eigenvalue weighted by Gasteiger charge is 2.29. The van der Waals surface area contributed by atoms with E-state index < -0.39 is 15.6 Å². The normalized spacial score (nSPS) is 15.7. The topological polar surface area (TPSA) is 130 Å². The minimum Gasteiger partial charge on any atom is -0.404 e. The Morgan fingerprint density at radius 1 is 0.500 bits per heavy atom. The molecule has 0 aromatic heterocycles. The van der Waals surface area contributed by atoms with Crippen molar-refractivity contribution in [2.45, 2.75) is 92.9 Å². The van der Waals surface area contributed by atoms with Crippen molar-refractivity contribution in [3.8, 4) is 11.5 Å². The van der Waals surface area contributed by atoms with E-state index in [-0.39, 0.29) is 72.8 Å². The standard InChI is InChI=1S/C34H56O10P2/c1-31(2,3)25-33(7,8)27-11-15-29(16-12-27)43-45(35,36)41-23-21-39-19-20-40-22-24-42-46(37,38)44-30-17-13-28(14-18-30)34(9,10)26-32(4,5)6/h11-18H,19-26H2,1-10H3,(H,35,36)(H,37,38). The Hall–Kier alpha value is -1.74. The van der Waals surface area contributed by atoms with Gasteiger partial charge in [-0.05, 0) is 69.9 Å². The van der Waals surface area contributed by atoms with Crippen LogP contribution in [0.4, 0.5) is 0 Å². The maximum Gasteiger partial charge on any atom is 0.527 e. The van der Waals surface area contributed by atoms with E-state index in [1.165, 1.54) is 0 Å². The Morgan fingerprint density at radius 2 is 0.783 bits per heavy atom. The number of phosphoric ester groups is 2. The number of phosphoric acid groups is 2. The molecule has 0 bridgehead atoms. The molecular formula is C34H56O10P2. The van der Waals surface area contributed by atoms with Crippen LogP contribution in [-0.4, -0.2) is 49.4 Å². The fourth-order valence-corrected chi connectivity index (χ4v) is 7.35. The molecule has 12 heteroatoms. The van der Waals surface area contributed by atoms with Crippen molar-refractivity contribution in [2.75, 3.05) is 39.6 Å². The van der Waals surface area contributed by atoms with Gasteiger partial charge in [0, 0.05) is 0 Å². The van der Waals surface area contributed by atoms with Crippen LogP contribution >= 0.6 is 15.6 Å². The summed E-state index contributed by atoms with van der Waals surface area (Å²) in [5.74, 6) is 0.480. The average Bonchev–Trinajstić information content (AvgIpc) is 2.87. The Balaban J connectivity index is 1.61. The molecule has 0 saturated heterocycles. The van der Waals surface area contributed by atoms with Crippen molar-refractivity contribution in [1.29, 1.82) is 0 Å². The molecule has 0 radical (unpaired) electrons. The van der Waals surface area contributed by atoms with E-state index in [0.717, 1.165) is 24.0 Å². The van der Waals surface area contributed by atoms with Gasteiger partial charge in [0.15, 0.2) is 0 Å². The lowest BCUT2D eigenvalue weighted by atomic mass is 9.72. The van der Waals surface area contributed by atoms with Gasteiger partial charge in [-0.2, -0.15) is 0 Å². The molecule has 2 atom stereocenters. The molecule has 0 aliphatic heterocycles. The minimum absolute atomic E-state index is 0.0412. The highest BCUT2D eigenvalue weighted by molar-refractivity contribution is 7.48. The van der Waals surface area contributed by atoms with Crippen LogP contribution in [0.2, 0.25) is 0 Å². The van der Waals surface area contributed by atoms with Crippen LogP contribution in [-0.2, 0) is 38.5 Å². The maximum atomic E-state index is 12.3. The van der Waals surface area contributed by atoms with Gasteiger partial charge in [-0.1, -0.05) is 93.5 Å². The van der Waals surface area contributed by atoms with E-state index in [1.54, 1.807) is 24.3 Å². The molecule has 262 valence electrons. The van der Waals surface area contributed by atoms with Gasteiger partial charge in [0.25, 0.3) is 0 Å². The lowest BCUT2D eigenvalue weighted by molar-refractivity contribution is 0.0217. The van der Waals surface area contributed by atoms with Crippen molar-refractivity contribution < 1.29 is 46.5 Å². The molecule has 46 heavy (non-hydrogen) atoms. The molecule has 0 aliphatic carbocycles. The first-order valence-electron chi connectivity index (χ1n) is 15.7. The quantitative estimate of drug-likeness (QED) is 0.109. The summed E-state index contributed by atoms with van der Waals surface area (Å²) in [5.41, 5.74) is 2.43. The fourth-order valence-electron chi connectivity index (χ4n) is 5.85. The fraction of sp³-hybridized carbons (Fsp3) is 0.647. The number of rotatable bonds is 19. The van der Waals surface area contributed by atoms with E-state index in [2.05, 4.69) is 69.2 Å². The van der Waals surface area contributed by atoms with Crippen molar-refractivity contribution in [3.63, 3.8) is 0 Å². The molecule has 10 nitrogen and oxygen atoms in total. The third kappa shape index (κ3) is 15.9. The number of hydrogen-bond acceptors (Lipinski definition) is 8. The first kappa shape index (κ1) is 40.4. The summed E-state index contributed by atoms with van der Waals surface area (Å²) in [5, 5.41) is 0. The predicted octanol–water partition coefficient (Wildman–Crippen LogP) is 8.84. The van der Waals surface area contributed by atoms with Gasteiger partial charge in [0.1, 0.15) is 11.5 Å². The molecule has 0 fully saturated rings.